The van der Waals surface area contributed by atoms with E-state index in [0.29, 0.717) is 24.4 Å². The third-order valence-corrected chi connectivity index (χ3v) is 3.64. The lowest BCUT2D eigenvalue weighted by molar-refractivity contribution is 0.145. The molecular formula is C14H30O. The van der Waals surface area contributed by atoms with Gasteiger partial charge in [0.05, 0.1) is 0 Å². The summed E-state index contributed by atoms with van der Waals surface area (Å²) in [5.74, 6) is 2.67. The zero-order chi connectivity index (χ0) is 11.8. The molecule has 0 saturated carbocycles. The van der Waals surface area contributed by atoms with Crippen molar-refractivity contribution >= 4 is 0 Å². The highest BCUT2D eigenvalue weighted by molar-refractivity contribution is 4.68. The van der Waals surface area contributed by atoms with Gasteiger partial charge in [0.15, 0.2) is 0 Å². The SMILES string of the molecule is CC(C)CCCCC(CO)C(C)C(C)C. The zero-order valence-electron chi connectivity index (χ0n) is 11.3. The van der Waals surface area contributed by atoms with Crippen molar-refractivity contribution < 1.29 is 5.11 Å². The molecule has 1 heteroatoms. The topological polar surface area (TPSA) is 20.2 Å². The Balaban J connectivity index is 3.70. The number of hydrogen-bond acceptors (Lipinski definition) is 1. The van der Waals surface area contributed by atoms with Crippen molar-refractivity contribution in [2.24, 2.45) is 23.7 Å². The molecule has 0 rings (SSSR count). The van der Waals surface area contributed by atoms with Crippen LogP contribution in [0.25, 0.3) is 0 Å². The molecule has 1 nitrogen and oxygen atoms in total. The first kappa shape index (κ1) is 15.0. The molecular weight excluding hydrogens is 184 g/mol. The minimum Gasteiger partial charge on any atom is -0.396 e. The summed E-state index contributed by atoms with van der Waals surface area (Å²) in [5, 5.41) is 9.35. The molecule has 0 aromatic heterocycles. The van der Waals surface area contributed by atoms with E-state index in [2.05, 4.69) is 34.6 Å². The second-order valence-electron chi connectivity index (χ2n) is 5.72. The first-order valence-corrected chi connectivity index (χ1v) is 6.59. The minimum atomic E-state index is 0.362. The van der Waals surface area contributed by atoms with E-state index in [4.69, 9.17) is 0 Å². The fourth-order valence-electron chi connectivity index (χ4n) is 2.02. The maximum Gasteiger partial charge on any atom is 0.0461 e. The van der Waals surface area contributed by atoms with Crippen LogP contribution < -0.4 is 0 Å². The Labute approximate surface area is 96.3 Å². The molecule has 0 radical (unpaired) electrons. The van der Waals surface area contributed by atoms with Crippen molar-refractivity contribution in [2.45, 2.75) is 60.3 Å². The van der Waals surface area contributed by atoms with Gasteiger partial charge in [-0.3, -0.25) is 0 Å². The highest BCUT2D eigenvalue weighted by atomic mass is 16.3. The van der Waals surface area contributed by atoms with Crippen molar-refractivity contribution in [2.75, 3.05) is 6.61 Å². The largest absolute Gasteiger partial charge is 0.396 e. The Morgan fingerprint density at radius 3 is 1.80 bits per heavy atom. The summed E-state index contributed by atoms with van der Waals surface area (Å²) < 4.78 is 0. The molecule has 15 heavy (non-hydrogen) atoms. The average Bonchev–Trinajstić information content (AvgIpc) is 2.16. The normalized spacial score (nSPS) is 16.0. The van der Waals surface area contributed by atoms with Crippen LogP contribution in [0.5, 0.6) is 0 Å². The summed E-state index contributed by atoms with van der Waals surface area (Å²) in [6, 6.07) is 0. The van der Waals surface area contributed by atoms with Crippen molar-refractivity contribution in [3.63, 3.8) is 0 Å². The first-order chi connectivity index (χ1) is 6.99. The lowest BCUT2D eigenvalue weighted by Gasteiger charge is -2.25. The molecule has 1 N–H and O–H groups in total. The third-order valence-electron chi connectivity index (χ3n) is 3.64. The monoisotopic (exact) mass is 214 g/mol. The van der Waals surface area contributed by atoms with Crippen LogP contribution in [0.1, 0.15) is 60.3 Å². The fourth-order valence-corrected chi connectivity index (χ4v) is 2.02. The first-order valence-electron chi connectivity index (χ1n) is 6.59. The number of aliphatic hydroxyl groups is 1. The molecule has 0 aliphatic carbocycles. The molecule has 0 aromatic rings. The van der Waals surface area contributed by atoms with Gasteiger partial charge in [-0.1, -0.05) is 53.9 Å². The van der Waals surface area contributed by atoms with Crippen LogP contribution in [0.15, 0.2) is 0 Å². The summed E-state index contributed by atoms with van der Waals surface area (Å²) in [7, 11) is 0. The Kier molecular flexibility index (Phi) is 8.13. The second-order valence-corrected chi connectivity index (χ2v) is 5.72. The number of unbranched alkanes of at least 4 members (excludes halogenated alkanes) is 1. The van der Waals surface area contributed by atoms with Gasteiger partial charge >= 0.3 is 0 Å². The molecule has 92 valence electrons. The zero-order valence-corrected chi connectivity index (χ0v) is 11.3. The molecule has 2 unspecified atom stereocenters. The lowest BCUT2D eigenvalue weighted by Crippen LogP contribution is -2.20. The average molecular weight is 214 g/mol. The van der Waals surface area contributed by atoms with E-state index in [1.807, 2.05) is 0 Å². The quantitative estimate of drug-likeness (QED) is 0.603. The van der Waals surface area contributed by atoms with Crippen molar-refractivity contribution in [1.82, 2.24) is 0 Å². The van der Waals surface area contributed by atoms with Crippen LogP contribution in [0.2, 0.25) is 0 Å². The Hall–Kier alpha value is -0.0400. The van der Waals surface area contributed by atoms with Crippen molar-refractivity contribution in [1.29, 1.82) is 0 Å². The molecule has 0 spiro atoms. The minimum absolute atomic E-state index is 0.362. The summed E-state index contributed by atoms with van der Waals surface area (Å²) in [4.78, 5) is 0. The van der Waals surface area contributed by atoms with Crippen molar-refractivity contribution in [3.8, 4) is 0 Å². The van der Waals surface area contributed by atoms with E-state index in [1.54, 1.807) is 0 Å². The van der Waals surface area contributed by atoms with Gasteiger partial charge in [0.1, 0.15) is 0 Å². The van der Waals surface area contributed by atoms with Gasteiger partial charge in [0.25, 0.3) is 0 Å². The van der Waals surface area contributed by atoms with Crippen LogP contribution >= 0.6 is 0 Å². The Bertz CT molecular complexity index is 140. The molecule has 0 aliphatic heterocycles. The van der Waals surface area contributed by atoms with E-state index in [-0.39, 0.29) is 0 Å². The predicted octanol–water partition coefficient (Wildman–Crippen LogP) is 4.10. The van der Waals surface area contributed by atoms with Crippen LogP contribution in [-0.2, 0) is 0 Å². The van der Waals surface area contributed by atoms with Gasteiger partial charge in [0.2, 0.25) is 0 Å². The summed E-state index contributed by atoms with van der Waals surface area (Å²) in [6.45, 7) is 11.7. The van der Waals surface area contributed by atoms with Gasteiger partial charge in [-0.05, 0) is 30.1 Å². The third kappa shape index (κ3) is 6.94. The molecule has 0 aliphatic rings. The number of hydrogen-bond donors (Lipinski definition) is 1. The van der Waals surface area contributed by atoms with Crippen LogP contribution in [-0.4, -0.2) is 11.7 Å². The lowest BCUT2D eigenvalue weighted by atomic mass is 9.82. The van der Waals surface area contributed by atoms with Gasteiger partial charge in [-0.2, -0.15) is 0 Å². The highest BCUT2D eigenvalue weighted by Crippen LogP contribution is 2.25. The maximum atomic E-state index is 9.35. The summed E-state index contributed by atoms with van der Waals surface area (Å²) >= 11 is 0. The molecule has 0 amide bonds. The maximum absolute atomic E-state index is 9.35. The van der Waals surface area contributed by atoms with E-state index in [9.17, 15) is 5.11 Å². The van der Waals surface area contributed by atoms with Crippen LogP contribution in [0.3, 0.4) is 0 Å². The van der Waals surface area contributed by atoms with Crippen LogP contribution in [0.4, 0.5) is 0 Å². The molecule has 2 atom stereocenters. The van der Waals surface area contributed by atoms with Crippen molar-refractivity contribution in [3.05, 3.63) is 0 Å². The van der Waals surface area contributed by atoms with Gasteiger partial charge in [0, 0.05) is 6.61 Å². The molecule has 0 saturated heterocycles. The summed E-state index contributed by atoms with van der Waals surface area (Å²) in [6.07, 6.45) is 5.12. The van der Waals surface area contributed by atoms with E-state index in [0.717, 1.165) is 5.92 Å². The van der Waals surface area contributed by atoms with E-state index >= 15 is 0 Å². The predicted molar refractivity (Wildman–Crippen MR) is 67.9 cm³/mol. The standard InChI is InChI=1S/C14H30O/c1-11(2)8-6-7-9-14(10-15)13(5)12(3)4/h11-15H,6-10H2,1-5H3. The molecule has 0 fully saturated rings. The number of aliphatic hydroxyl groups excluding tert-OH is 1. The van der Waals surface area contributed by atoms with E-state index in [1.165, 1.54) is 25.7 Å². The second kappa shape index (κ2) is 8.15. The van der Waals surface area contributed by atoms with Crippen LogP contribution in [0, 0.1) is 23.7 Å². The molecule has 0 aromatic carbocycles. The van der Waals surface area contributed by atoms with Gasteiger partial charge in [-0.15, -0.1) is 0 Å². The number of rotatable bonds is 8. The highest BCUT2D eigenvalue weighted by Gasteiger charge is 2.18. The van der Waals surface area contributed by atoms with E-state index < -0.39 is 0 Å². The molecule has 0 bridgehead atoms. The Morgan fingerprint density at radius 2 is 1.40 bits per heavy atom. The van der Waals surface area contributed by atoms with Gasteiger partial charge < -0.3 is 5.11 Å². The Morgan fingerprint density at radius 1 is 0.867 bits per heavy atom. The summed E-state index contributed by atoms with van der Waals surface area (Å²) in [5.41, 5.74) is 0. The smallest absolute Gasteiger partial charge is 0.0461 e. The fraction of sp³-hybridized carbons (Fsp3) is 1.00. The molecule has 0 heterocycles. The van der Waals surface area contributed by atoms with Gasteiger partial charge in [-0.25, -0.2) is 0 Å².